The molecule has 112 valence electrons. The summed E-state index contributed by atoms with van der Waals surface area (Å²) in [5.74, 6) is 1.47. The predicted octanol–water partition coefficient (Wildman–Crippen LogP) is 2.61. The van der Waals surface area contributed by atoms with Crippen molar-refractivity contribution in [2.45, 2.75) is 32.3 Å². The first-order valence-corrected chi connectivity index (χ1v) is 7.42. The van der Waals surface area contributed by atoms with Crippen molar-refractivity contribution < 1.29 is 14.6 Å². The van der Waals surface area contributed by atoms with E-state index in [9.17, 15) is 5.11 Å². The van der Waals surface area contributed by atoms with E-state index < -0.39 is 6.10 Å². The van der Waals surface area contributed by atoms with Gasteiger partial charge >= 0.3 is 0 Å². The number of aliphatic hydroxyl groups excluding tert-OH is 1. The minimum atomic E-state index is -0.536. The first kappa shape index (κ1) is 15.1. The van der Waals surface area contributed by atoms with E-state index in [2.05, 4.69) is 4.90 Å². The minimum absolute atomic E-state index is 0.536. The molecule has 20 heavy (non-hydrogen) atoms. The van der Waals surface area contributed by atoms with Crippen LogP contribution in [-0.4, -0.2) is 43.4 Å². The Morgan fingerprint density at radius 2 is 2.00 bits per heavy atom. The van der Waals surface area contributed by atoms with Gasteiger partial charge in [0.2, 0.25) is 0 Å². The molecule has 1 saturated heterocycles. The molecule has 0 aliphatic carbocycles. The molecule has 1 atom stereocenters. The maximum atomic E-state index is 9.78. The molecule has 0 spiro atoms. The van der Waals surface area contributed by atoms with Gasteiger partial charge in [-0.25, -0.2) is 0 Å². The number of methoxy groups -OCH3 is 1. The van der Waals surface area contributed by atoms with Crippen LogP contribution in [0, 0.1) is 0 Å². The third kappa shape index (κ3) is 4.12. The molecule has 1 N–H and O–H groups in total. The van der Waals surface area contributed by atoms with Crippen molar-refractivity contribution in [2.24, 2.45) is 0 Å². The van der Waals surface area contributed by atoms with Crippen LogP contribution in [0.15, 0.2) is 18.2 Å². The van der Waals surface area contributed by atoms with Gasteiger partial charge in [-0.05, 0) is 45.0 Å². The van der Waals surface area contributed by atoms with Crippen LogP contribution < -0.4 is 9.47 Å². The van der Waals surface area contributed by atoms with Gasteiger partial charge < -0.3 is 14.6 Å². The Balaban J connectivity index is 1.92. The number of rotatable bonds is 6. The maximum absolute atomic E-state index is 9.78. The third-order valence-electron chi connectivity index (χ3n) is 3.78. The summed E-state index contributed by atoms with van der Waals surface area (Å²) in [6.45, 7) is 5.68. The highest BCUT2D eigenvalue weighted by Gasteiger charge is 2.13. The highest BCUT2D eigenvalue weighted by Crippen LogP contribution is 2.29. The van der Waals surface area contributed by atoms with Crippen molar-refractivity contribution in [1.29, 1.82) is 0 Å². The van der Waals surface area contributed by atoms with Gasteiger partial charge in [0.15, 0.2) is 0 Å². The average Bonchev–Trinajstić information content (AvgIpc) is 2.48. The van der Waals surface area contributed by atoms with Crippen LogP contribution in [0.2, 0.25) is 0 Å². The Kier molecular flexibility index (Phi) is 5.68. The van der Waals surface area contributed by atoms with E-state index in [0.717, 1.165) is 23.6 Å². The second-order valence-corrected chi connectivity index (χ2v) is 5.33. The first-order valence-electron chi connectivity index (χ1n) is 7.42. The van der Waals surface area contributed by atoms with Gasteiger partial charge in [0, 0.05) is 18.2 Å². The second kappa shape index (κ2) is 7.50. The van der Waals surface area contributed by atoms with Crippen molar-refractivity contribution >= 4 is 0 Å². The Hall–Kier alpha value is -1.26. The Morgan fingerprint density at radius 1 is 1.25 bits per heavy atom. The van der Waals surface area contributed by atoms with E-state index in [1.807, 2.05) is 18.2 Å². The van der Waals surface area contributed by atoms with E-state index >= 15 is 0 Å². The lowest BCUT2D eigenvalue weighted by Gasteiger charge is -2.26. The van der Waals surface area contributed by atoms with E-state index in [-0.39, 0.29) is 0 Å². The van der Waals surface area contributed by atoms with Crippen LogP contribution in [0.3, 0.4) is 0 Å². The maximum Gasteiger partial charge on any atom is 0.128 e. The summed E-state index contributed by atoms with van der Waals surface area (Å²) in [6, 6.07) is 5.55. The molecule has 2 rings (SSSR count). The number of hydrogen-bond donors (Lipinski definition) is 1. The number of benzene rings is 1. The molecule has 1 heterocycles. The third-order valence-corrected chi connectivity index (χ3v) is 3.78. The predicted molar refractivity (Wildman–Crippen MR) is 79.4 cm³/mol. The highest BCUT2D eigenvalue weighted by molar-refractivity contribution is 5.41. The lowest BCUT2D eigenvalue weighted by Crippen LogP contribution is -2.33. The largest absolute Gasteiger partial charge is 0.497 e. The van der Waals surface area contributed by atoms with Crippen LogP contribution in [0.4, 0.5) is 0 Å². The Bertz CT molecular complexity index is 414. The number of piperidine rings is 1. The molecule has 4 heteroatoms. The molecule has 4 nitrogen and oxygen atoms in total. The zero-order valence-electron chi connectivity index (χ0n) is 12.5. The molecule has 1 aromatic rings. The molecule has 1 aromatic carbocycles. The monoisotopic (exact) mass is 279 g/mol. The van der Waals surface area contributed by atoms with Crippen LogP contribution in [0.5, 0.6) is 11.5 Å². The summed E-state index contributed by atoms with van der Waals surface area (Å²) >= 11 is 0. The molecular weight excluding hydrogens is 254 g/mol. The first-order chi connectivity index (χ1) is 9.70. The molecular formula is C16H25NO3. The van der Waals surface area contributed by atoms with Gasteiger partial charge in [-0.3, -0.25) is 4.90 Å². The lowest BCUT2D eigenvalue weighted by atomic mass is 10.1. The smallest absolute Gasteiger partial charge is 0.128 e. The van der Waals surface area contributed by atoms with Crippen molar-refractivity contribution in [1.82, 2.24) is 4.90 Å². The summed E-state index contributed by atoms with van der Waals surface area (Å²) in [5.41, 5.74) is 0.810. The standard InChI is InChI=1S/C16H25NO3/c1-13(18)15-7-6-14(19-2)12-16(15)20-11-10-17-8-4-3-5-9-17/h6-7,12-13,18H,3-5,8-11H2,1-2H3/t13-/m0/s1. The number of likely N-dealkylation sites (tertiary alicyclic amines) is 1. The number of ether oxygens (including phenoxy) is 2. The number of hydrogen-bond acceptors (Lipinski definition) is 4. The Labute approximate surface area is 121 Å². The summed E-state index contributed by atoms with van der Waals surface area (Å²) in [6.07, 6.45) is 3.39. The summed E-state index contributed by atoms with van der Waals surface area (Å²) in [4.78, 5) is 2.44. The van der Waals surface area contributed by atoms with Crippen LogP contribution in [-0.2, 0) is 0 Å². The molecule has 0 amide bonds. The van der Waals surface area contributed by atoms with Crippen LogP contribution >= 0.6 is 0 Å². The average molecular weight is 279 g/mol. The van der Waals surface area contributed by atoms with E-state index in [0.29, 0.717) is 6.61 Å². The van der Waals surface area contributed by atoms with E-state index in [1.165, 1.54) is 32.4 Å². The zero-order valence-corrected chi connectivity index (χ0v) is 12.5. The Morgan fingerprint density at radius 3 is 2.65 bits per heavy atom. The van der Waals surface area contributed by atoms with Crippen molar-refractivity contribution in [3.05, 3.63) is 23.8 Å². The van der Waals surface area contributed by atoms with Crippen molar-refractivity contribution in [3.63, 3.8) is 0 Å². The van der Waals surface area contributed by atoms with Crippen LogP contribution in [0.1, 0.15) is 37.9 Å². The second-order valence-electron chi connectivity index (χ2n) is 5.33. The molecule has 1 aliphatic rings. The molecule has 0 unspecified atom stereocenters. The molecule has 1 aliphatic heterocycles. The van der Waals surface area contributed by atoms with Gasteiger partial charge in [-0.15, -0.1) is 0 Å². The van der Waals surface area contributed by atoms with E-state index in [1.54, 1.807) is 14.0 Å². The molecule has 0 bridgehead atoms. The van der Waals surface area contributed by atoms with Gasteiger partial charge in [0.1, 0.15) is 18.1 Å². The minimum Gasteiger partial charge on any atom is -0.497 e. The fraction of sp³-hybridized carbons (Fsp3) is 0.625. The van der Waals surface area contributed by atoms with Crippen LogP contribution in [0.25, 0.3) is 0 Å². The normalized spacial score (nSPS) is 17.8. The summed E-state index contributed by atoms with van der Waals surface area (Å²) in [5, 5.41) is 9.78. The zero-order chi connectivity index (χ0) is 14.4. The SMILES string of the molecule is COc1ccc([C@H](C)O)c(OCCN2CCCCC2)c1. The van der Waals surface area contributed by atoms with Gasteiger partial charge in [-0.2, -0.15) is 0 Å². The number of aliphatic hydroxyl groups is 1. The molecule has 0 aromatic heterocycles. The topological polar surface area (TPSA) is 41.9 Å². The number of nitrogens with zero attached hydrogens (tertiary/aromatic N) is 1. The highest BCUT2D eigenvalue weighted by atomic mass is 16.5. The van der Waals surface area contributed by atoms with Crippen molar-refractivity contribution in [2.75, 3.05) is 33.4 Å². The van der Waals surface area contributed by atoms with Gasteiger partial charge in [0.05, 0.1) is 13.2 Å². The lowest BCUT2D eigenvalue weighted by molar-refractivity contribution is 0.171. The quantitative estimate of drug-likeness (QED) is 0.869. The van der Waals surface area contributed by atoms with E-state index in [4.69, 9.17) is 9.47 Å². The molecule has 0 radical (unpaired) electrons. The van der Waals surface area contributed by atoms with Crippen molar-refractivity contribution in [3.8, 4) is 11.5 Å². The van der Waals surface area contributed by atoms with Gasteiger partial charge in [-0.1, -0.05) is 6.42 Å². The molecule has 0 saturated carbocycles. The fourth-order valence-electron chi connectivity index (χ4n) is 2.58. The molecule has 1 fully saturated rings. The summed E-state index contributed by atoms with van der Waals surface area (Å²) < 4.78 is 11.1. The summed E-state index contributed by atoms with van der Waals surface area (Å²) in [7, 11) is 1.63. The van der Waals surface area contributed by atoms with Gasteiger partial charge in [0.25, 0.3) is 0 Å². The fourth-order valence-corrected chi connectivity index (χ4v) is 2.58.